The number of carbonyl (C=O) groups is 1. The molecule has 1 fully saturated rings. The van der Waals surface area contributed by atoms with Gasteiger partial charge >= 0.3 is 0 Å². The van der Waals surface area contributed by atoms with Crippen molar-refractivity contribution in [2.45, 2.75) is 39.7 Å². The number of nitrogens with zero attached hydrogens (tertiary/aromatic N) is 3. The lowest BCUT2D eigenvalue weighted by atomic mass is 9.80. The number of carbonyl (C=O) groups excluding carboxylic acids is 1. The Balaban J connectivity index is 1.84. The molecule has 1 aliphatic carbocycles. The molecule has 3 aromatic heterocycles. The molecule has 3 N–H and O–H groups in total. The van der Waals surface area contributed by atoms with Crippen molar-refractivity contribution in [1.82, 2.24) is 14.6 Å². The van der Waals surface area contributed by atoms with Crippen LogP contribution in [-0.4, -0.2) is 26.5 Å². The van der Waals surface area contributed by atoms with Gasteiger partial charge in [-0.05, 0) is 36.3 Å². The minimum absolute atomic E-state index is 0.0712. The van der Waals surface area contributed by atoms with Crippen molar-refractivity contribution in [3.05, 3.63) is 48.3 Å². The number of nitrogens with two attached hydrogens (primary N) is 1. The van der Waals surface area contributed by atoms with E-state index in [4.69, 9.17) is 5.73 Å². The van der Waals surface area contributed by atoms with Crippen LogP contribution >= 0.6 is 0 Å². The summed E-state index contributed by atoms with van der Waals surface area (Å²) in [6.45, 7) is 6.72. The molecule has 1 saturated carbocycles. The summed E-state index contributed by atoms with van der Waals surface area (Å²) < 4.78 is 15.9. The number of rotatable bonds is 4. The highest BCUT2D eigenvalue weighted by Gasteiger charge is 2.41. The van der Waals surface area contributed by atoms with Gasteiger partial charge in [-0.15, -0.1) is 0 Å². The topological polar surface area (TPSA) is 85.3 Å². The summed E-state index contributed by atoms with van der Waals surface area (Å²) in [6.07, 6.45) is 8.06. The quantitative estimate of drug-likeness (QED) is 0.718. The number of nitrogens with one attached hydrogen (secondary N) is 1. The van der Waals surface area contributed by atoms with Crippen LogP contribution in [-0.2, 0) is 0 Å². The summed E-state index contributed by atoms with van der Waals surface area (Å²) >= 11 is 0. The van der Waals surface area contributed by atoms with E-state index < -0.39 is 11.7 Å². The molecule has 28 heavy (non-hydrogen) atoms. The minimum Gasteiger partial charge on any atom is -0.379 e. The molecule has 146 valence electrons. The molecular formula is C21H24FN5O. The number of fused-ring (bicyclic) bond motifs is 1. The molecule has 0 saturated heterocycles. The molecular weight excluding hydrogens is 357 g/mol. The normalized spacial score (nSPS) is 21.1. The molecule has 6 nitrogen and oxygen atoms in total. The van der Waals surface area contributed by atoms with E-state index in [1.807, 2.05) is 6.07 Å². The van der Waals surface area contributed by atoms with Crippen LogP contribution < -0.4 is 11.1 Å². The van der Waals surface area contributed by atoms with Crippen molar-refractivity contribution in [3.8, 4) is 11.1 Å². The Kier molecular flexibility index (Phi) is 4.33. The van der Waals surface area contributed by atoms with E-state index in [2.05, 4.69) is 36.2 Å². The van der Waals surface area contributed by atoms with Crippen molar-refractivity contribution >= 4 is 17.1 Å². The number of primary amides is 1. The number of hydrogen-bond donors (Lipinski definition) is 2. The zero-order chi connectivity index (χ0) is 20.1. The monoisotopic (exact) mass is 381 g/mol. The third-order valence-electron chi connectivity index (χ3n) is 6.36. The molecule has 1 amide bonds. The molecule has 0 spiro atoms. The van der Waals surface area contributed by atoms with Crippen LogP contribution in [0.5, 0.6) is 0 Å². The van der Waals surface area contributed by atoms with E-state index in [-0.39, 0.29) is 11.5 Å². The molecule has 1 aliphatic rings. The fourth-order valence-electron chi connectivity index (χ4n) is 4.09. The number of halogens is 1. The lowest BCUT2D eigenvalue weighted by Crippen LogP contribution is -2.35. The largest absolute Gasteiger partial charge is 0.379 e. The van der Waals surface area contributed by atoms with Gasteiger partial charge in [0.05, 0.1) is 29.2 Å². The van der Waals surface area contributed by atoms with E-state index in [1.165, 1.54) is 12.4 Å². The van der Waals surface area contributed by atoms with Crippen LogP contribution in [0.4, 0.5) is 10.1 Å². The summed E-state index contributed by atoms with van der Waals surface area (Å²) in [6, 6.07) is 3.64. The number of hydrogen-bond acceptors (Lipinski definition) is 4. The Morgan fingerprint density at radius 2 is 2.14 bits per heavy atom. The predicted octanol–water partition coefficient (Wildman–Crippen LogP) is 3.87. The second-order valence-electron chi connectivity index (χ2n) is 8.21. The molecule has 2 atom stereocenters. The van der Waals surface area contributed by atoms with Crippen LogP contribution in [0.1, 0.15) is 44.0 Å². The van der Waals surface area contributed by atoms with Gasteiger partial charge in [0.15, 0.2) is 0 Å². The molecule has 0 aromatic carbocycles. The lowest BCUT2D eigenvalue weighted by Gasteiger charge is -2.33. The maximum atomic E-state index is 14.2. The van der Waals surface area contributed by atoms with Crippen LogP contribution in [0.3, 0.4) is 0 Å². The second-order valence-corrected chi connectivity index (χ2v) is 8.21. The maximum Gasteiger partial charge on any atom is 0.252 e. The molecule has 3 heterocycles. The Morgan fingerprint density at radius 3 is 2.79 bits per heavy atom. The van der Waals surface area contributed by atoms with Gasteiger partial charge in [0.25, 0.3) is 5.91 Å². The summed E-state index contributed by atoms with van der Waals surface area (Å²) in [5.74, 6) is -0.388. The van der Waals surface area contributed by atoms with Crippen molar-refractivity contribution in [2.24, 2.45) is 17.1 Å². The van der Waals surface area contributed by atoms with Crippen LogP contribution in [0.15, 0.2) is 36.9 Å². The standard InChI is InChI=1S/C21H24FN5O/c1-12-4-5-18(21(12,2)3)26-19-15(20(23)28)9-25-27-11-13(8-17(19)27)14-6-7-24-10-16(14)22/h6-12,18,26H,4-5H2,1-3H3,(H2,23,28)/t12-,18+/m0/s1. The van der Waals surface area contributed by atoms with Gasteiger partial charge in [-0.25, -0.2) is 8.91 Å². The maximum absolute atomic E-state index is 14.2. The predicted molar refractivity (Wildman–Crippen MR) is 106 cm³/mol. The smallest absolute Gasteiger partial charge is 0.252 e. The highest BCUT2D eigenvalue weighted by atomic mass is 19.1. The number of amides is 1. The first kappa shape index (κ1) is 18.4. The number of anilines is 1. The van der Waals surface area contributed by atoms with Crippen molar-refractivity contribution < 1.29 is 9.18 Å². The summed E-state index contributed by atoms with van der Waals surface area (Å²) in [5.41, 5.74) is 8.46. The number of pyridine rings is 1. The van der Waals surface area contributed by atoms with Gasteiger partial charge < -0.3 is 11.1 Å². The fourth-order valence-corrected chi connectivity index (χ4v) is 4.09. The first-order chi connectivity index (χ1) is 13.3. The summed E-state index contributed by atoms with van der Waals surface area (Å²) in [5, 5.41) is 7.87. The second kappa shape index (κ2) is 6.58. The third-order valence-corrected chi connectivity index (χ3v) is 6.36. The first-order valence-corrected chi connectivity index (χ1v) is 9.46. The lowest BCUT2D eigenvalue weighted by molar-refractivity contribution is 0.100. The minimum atomic E-state index is -0.542. The first-order valence-electron chi connectivity index (χ1n) is 9.46. The summed E-state index contributed by atoms with van der Waals surface area (Å²) in [7, 11) is 0. The average molecular weight is 381 g/mol. The summed E-state index contributed by atoms with van der Waals surface area (Å²) in [4.78, 5) is 15.9. The van der Waals surface area contributed by atoms with E-state index in [1.54, 1.807) is 23.0 Å². The van der Waals surface area contributed by atoms with Crippen molar-refractivity contribution in [3.63, 3.8) is 0 Å². The van der Waals surface area contributed by atoms with Crippen molar-refractivity contribution in [2.75, 3.05) is 5.32 Å². The van der Waals surface area contributed by atoms with Crippen molar-refractivity contribution in [1.29, 1.82) is 0 Å². The van der Waals surface area contributed by atoms with Gasteiger partial charge in [-0.3, -0.25) is 9.78 Å². The van der Waals surface area contributed by atoms with Crippen LogP contribution in [0, 0.1) is 17.2 Å². The Labute approximate surface area is 163 Å². The SMILES string of the molecule is C[C@H]1CC[C@@H](Nc2c(C(N)=O)cnn3cc(-c4ccncc4F)cc23)C1(C)C. The van der Waals surface area contributed by atoms with Gasteiger partial charge in [-0.2, -0.15) is 5.10 Å². The molecule has 4 rings (SSSR count). The Hall–Kier alpha value is -2.96. The Morgan fingerprint density at radius 1 is 1.36 bits per heavy atom. The highest BCUT2D eigenvalue weighted by Crippen LogP contribution is 2.44. The molecule has 0 aliphatic heterocycles. The molecule has 7 heteroatoms. The fraction of sp³-hybridized carbons (Fsp3) is 0.381. The molecule has 0 radical (unpaired) electrons. The van der Waals surface area contributed by atoms with E-state index in [9.17, 15) is 9.18 Å². The molecule has 0 bridgehead atoms. The van der Waals surface area contributed by atoms with Crippen LogP contribution in [0.25, 0.3) is 16.6 Å². The average Bonchev–Trinajstić information content (AvgIpc) is 3.18. The van der Waals surface area contributed by atoms with Gasteiger partial charge in [0.2, 0.25) is 0 Å². The van der Waals surface area contributed by atoms with Gasteiger partial charge in [0.1, 0.15) is 5.82 Å². The third kappa shape index (κ3) is 2.91. The highest BCUT2D eigenvalue weighted by molar-refractivity contribution is 6.02. The molecule has 3 aromatic rings. The number of aromatic nitrogens is 3. The van der Waals surface area contributed by atoms with E-state index in [0.29, 0.717) is 33.8 Å². The van der Waals surface area contributed by atoms with Crippen LogP contribution in [0.2, 0.25) is 0 Å². The van der Waals surface area contributed by atoms with E-state index >= 15 is 0 Å². The van der Waals surface area contributed by atoms with E-state index in [0.717, 1.165) is 12.8 Å². The van der Waals surface area contributed by atoms with Gasteiger partial charge in [-0.1, -0.05) is 20.8 Å². The zero-order valence-electron chi connectivity index (χ0n) is 16.2. The van der Waals surface area contributed by atoms with Gasteiger partial charge in [0, 0.05) is 29.6 Å². The zero-order valence-corrected chi connectivity index (χ0v) is 16.2. The molecule has 0 unspecified atom stereocenters. The Bertz CT molecular complexity index is 1060.